The largest absolute Gasteiger partial charge is 0.487 e. The van der Waals surface area contributed by atoms with Crippen LogP contribution < -0.4 is 4.74 Å². The Morgan fingerprint density at radius 3 is 2.41 bits per heavy atom. The Labute approximate surface area is 176 Å². The van der Waals surface area contributed by atoms with E-state index in [4.69, 9.17) is 16.3 Å². The van der Waals surface area contributed by atoms with E-state index in [0.717, 1.165) is 17.7 Å². The van der Waals surface area contributed by atoms with Gasteiger partial charge in [0.25, 0.3) is 0 Å². The van der Waals surface area contributed by atoms with E-state index in [-0.39, 0.29) is 0 Å². The van der Waals surface area contributed by atoms with Gasteiger partial charge in [-0.1, -0.05) is 60.1 Å². The molecule has 0 radical (unpaired) electrons. The van der Waals surface area contributed by atoms with E-state index in [1.165, 1.54) is 22.3 Å². The van der Waals surface area contributed by atoms with Crippen molar-refractivity contribution in [3.05, 3.63) is 106 Å². The minimum Gasteiger partial charge on any atom is -0.487 e. The Morgan fingerprint density at radius 2 is 1.69 bits per heavy atom. The lowest BCUT2D eigenvalue weighted by molar-refractivity contribution is 0.306. The molecule has 4 aromatic rings. The third-order valence-corrected chi connectivity index (χ3v) is 5.10. The maximum absolute atomic E-state index is 6.27. The second-order valence-corrected chi connectivity index (χ2v) is 7.74. The van der Waals surface area contributed by atoms with Gasteiger partial charge in [0.1, 0.15) is 12.4 Å². The van der Waals surface area contributed by atoms with Crippen LogP contribution in [0.1, 0.15) is 22.3 Å². The molecule has 1 heterocycles. The van der Waals surface area contributed by atoms with Crippen molar-refractivity contribution < 1.29 is 4.74 Å². The van der Waals surface area contributed by atoms with E-state index in [0.29, 0.717) is 17.4 Å². The van der Waals surface area contributed by atoms with E-state index < -0.39 is 0 Å². The first-order valence-corrected chi connectivity index (χ1v) is 10.0. The fraction of sp³-hybridized carbons (Fsp3) is 0.160. The molecule has 3 nitrogen and oxygen atoms in total. The zero-order chi connectivity index (χ0) is 20.2. The highest BCUT2D eigenvalue weighted by molar-refractivity contribution is 6.32. The Hall–Kier alpha value is -3.04. The average molecular weight is 403 g/mol. The van der Waals surface area contributed by atoms with E-state index in [9.17, 15) is 0 Å². The van der Waals surface area contributed by atoms with Gasteiger partial charge in [0, 0.05) is 6.20 Å². The van der Waals surface area contributed by atoms with Gasteiger partial charge < -0.3 is 4.74 Å². The Bertz CT molecular complexity index is 1120. The number of nitrogens with zero attached hydrogens (tertiary/aromatic N) is 2. The fourth-order valence-corrected chi connectivity index (χ4v) is 3.56. The van der Waals surface area contributed by atoms with Crippen molar-refractivity contribution in [2.45, 2.75) is 27.0 Å². The number of ether oxygens (including phenoxy) is 1. The molecule has 4 rings (SSSR count). The molecule has 4 heteroatoms. The van der Waals surface area contributed by atoms with Gasteiger partial charge in [-0.15, -0.1) is 0 Å². The highest BCUT2D eigenvalue weighted by atomic mass is 35.5. The van der Waals surface area contributed by atoms with Gasteiger partial charge in [0.05, 0.1) is 17.8 Å². The summed E-state index contributed by atoms with van der Waals surface area (Å²) < 4.78 is 7.87. The molecule has 3 aromatic carbocycles. The number of aryl methyl sites for hydroxylation is 2. The van der Waals surface area contributed by atoms with Crippen molar-refractivity contribution in [3.63, 3.8) is 0 Å². The topological polar surface area (TPSA) is 27.1 Å². The summed E-state index contributed by atoms with van der Waals surface area (Å²) in [4.78, 5) is 0. The molecule has 146 valence electrons. The summed E-state index contributed by atoms with van der Waals surface area (Å²) in [5.41, 5.74) is 6.98. The third-order valence-electron chi connectivity index (χ3n) is 4.80. The first kappa shape index (κ1) is 19.3. The van der Waals surface area contributed by atoms with Gasteiger partial charge in [0.2, 0.25) is 0 Å². The molecule has 0 fully saturated rings. The number of aromatic nitrogens is 2. The van der Waals surface area contributed by atoms with E-state index in [1.807, 2.05) is 36.0 Å². The summed E-state index contributed by atoms with van der Waals surface area (Å²) in [6.45, 7) is 5.32. The lowest BCUT2D eigenvalue weighted by Gasteiger charge is -2.10. The van der Waals surface area contributed by atoms with Crippen molar-refractivity contribution in [1.82, 2.24) is 9.78 Å². The lowest BCUT2D eigenvalue weighted by Crippen LogP contribution is -1.99. The average Bonchev–Trinajstić information content (AvgIpc) is 3.13. The number of halogens is 1. The molecular weight excluding hydrogens is 380 g/mol. The lowest BCUT2D eigenvalue weighted by atomic mass is 10.0. The van der Waals surface area contributed by atoms with Crippen LogP contribution in [-0.2, 0) is 13.2 Å². The first-order valence-electron chi connectivity index (χ1n) is 9.63. The Kier molecular flexibility index (Phi) is 5.68. The van der Waals surface area contributed by atoms with Gasteiger partial charge in [0.15, 0.2) is 0 Å². The van der Waals surface area contributed by atoms with Crippen molar-refractivity contribution in [2.24, 2.45) is 0 Å². The number of hydrogen-bond acceptors (Lipinski definition) is 2. The fourth-order valence-electron chi connectivity index (χ4n) is 3.27. The molecule has 0 saturated heterocycles. The quantitative estimate of drug-likeness (QED) is 0.370. The van der Waals surface area contributed by atoms with Gasteiger partial charge >= 0.3 is 0 Å². The summed E-state index contributed by atoms with van der Waals surface area (Å²) in [7, 11) is 0. The number of hydrogen-bond donors (Lipinski definition) is 0. The molecule has 0 amide bonds. The molecule has 29 heavy (non-hydrogen) atoms. The van der Waals surface area contributed by atoms with Crippen molar-refractivity contribution in [1.29, 1.82) is 0 Å². The van der Waals surface area contributed by atoms with Gasteiger partial charge in [-0.05, 0) is 65.4 Å². The van der Waals surface area contributed by atoms with E-state index >= 15 is 0 Å². The molecule has 0 aliphatic heterocycles. The predicted octanol–water partition coefficient (Wildman–Crippen LogP) is 6.45. The van der Waals surface area contributed by atoms with Crippen LogP contribution >= 0.6 is 11.6 Å². The standard InChI is InChI=1S/C25H23ClN2O/c1-18-6-11-25(24(26)12-18)29-17-21-4-3-5-23(13-21)22-9-7-20(8-10-22)16-28-15-19(2)14-27-28/h3-15H,16-17H2,1-2H3. The van der Waals surface area contributed by atoms with Gasteiger partial charge in [-0.3, -0.25) is 4.68 Å². The SMILES string of the molecule is Cc1ccc(OCc2cccc(-c3ccc(Cn4cc(C)cn4)cc3)c2)c(Cl)c1. The van der Waals surface area contributed by atoms with Crippen LogP contribution in [-0.4, -0.2) is 9.78 Å². The summed E-state index contributed by atoms with van der Waals surface area (Å²) >= 11 is 6.27. The van der Waals surface area contributed by atoms with Crippen LogP contribution in [0.5, 0.6) is 5.75 Å². The maximum atomic E-state index is 6.27. The molecule has 0 N–H and O–H groups in total. The molecule has 0 atom stereocenters. The monoisotopic (exact) mass is 402 g/mol. The third kappa shape index (κ3) is 4.87. The second kappa shape index (κ2) is 8.54. The molecule has 0 aliphatic rings. The van der Waals surface area contributed by atoms with Crippen LogP contribution in [0.15, 0.2) is 79.1 Å². The highest BCUT2D eigenvalue weighted by Gasteiger charge is 2.05. The van der Waals surface area contributed by atoms with Crippen LogP contribution in [0, 0.1) is 13.8 Å². The summed E-state index contributed by atoms with van der Waals surface area (Å²) in [6.07, 6.45) is 3.93. The van der Waals surface area contributed by atoms with Crippen molar-refractivity contribution >= 4 is 11.6 Å². The molecule has 0 bridgehead atoms. The molecule has 0 unspecified atom stereocenters. The van der Waals surface area contributed by atoms with E-state index in [2.05, 4.69) is 66.8 Å². The molecule has 0 spiro atoms. The minimum absolute atomic E-state index is 0.480. The second-order valence-electron chi connectivity index (χ2n) is 7.34. The highest BCUT2D eigenvalue weighted by Crippen LogP contribution is 2.27. The smallest absolute Gasteiger partial charge is 0.138 e. The summed E-state index contributed by atoms with van der Waals surface area (Å²) in [5.74, 6) is 0.709. The molecule has 1 aromatic heterocycles. The first-order chi connectivity index (χ1) is 14.1. The number of benzene rings is 3. The summed E-state index contributed by atoms with van der Waals surface area (Å²) in [6, 6.07) is 22.9. The van der Waals surface area contributed by atoms with Gasteiger partial charge in [-0.2, -0.15) is 5.10 Å². The van der Waals surface area contributed by atoms with Crippen LogP contribution in [0.25, 0.3) is 11.1 Å². The van der Waals surface area contributed by atoms with Crippen LogP contribution in [0.3, 0.4) is 0 Å². The Balaban J connectivity index is 1.45. The molecular formula is C25H23ClN2O. The zero-order valence-electron chi connectivity index (χ0n) is 16.6. The molecule has 0 aliphatic carbocycles. The summed E-state index contributed by atoms with van der Waals surface area (Å²) in [5, 5.41) is 5.00. The van der Waals surface area contributed by atoms with Crippen molar-refractivity contribution in [3.8, 4) is 16.9 Å². The normalized spacial score (nSPS) is 10.9. The maximum Gasteiger partial charge on any atom is 0.138 e. The Morgan fingerprint density at radius 1 is 0.862 bits per heavy atom. The minimum atomic E-state index is 0.480. The predicted molar refractivity (Wildman–Crippen MR) is 118 cm³/mol. The van der Waals surface area contributed by atoms with Gasteiger partial charge in [-0.25, -0.2) is 0 Å². The van der Waals surface area contributed by atoms with Crippen molar-refractivity contribution in [2.75, 3.05) is 0 Å². The van der Waals surface area contributed by atoms with Crippen LogP contribution in [0.4, 0.5) is 0 Å². The molecule has 0 saturated carbocycles. The van der Waals surface area contributed by atoms with Crippen LogP contribution in [0.2, 0.25) is 5.02 Å². The van der Waals surface area contributed by atoms with E-state index in [1.54, 1.807) is 0 Å². The zero-order valence-corrected chi connectivity index (χ0v) is 17.4. The number of rotatable bonds is 6.